The molecule has 0 aliphatic heterocycles. The Labute approximate surface area is 174 Å². The fraction of sp³-hybridized carbons (Fsp3) is 0.524. The van der Waals surface area contributed by atoms with Gasteiger partial charge < -0.3 is 10.1 Å². The van der Waals surface area contributed by atoms with Gasteiger partial charge in [-0.25, -0.2) is 9.78 Å². The van der Waals surface area contributed by atoms with Crippen LogP contribution in [0.15, 0.2) is 24.3 Å². The number of rotatable bonds is 8. The van der Waals surface area contributed by atoms with Crippen LogP contribution in [0.1, 0.15) is 56.9 Å². The van der Waals surface area contributed by atoms with Crippen LogP contribution >= 0.6 is 11.3 Å². The number of nitrogens with one attached hydrogen (secondary N) is 2. The number of carbonyl (C=O) groups is 3. The number of hydrogen-bond donors (Lipinski definition) is 2. The number of nitrogens with zero attached hydrogens (tertiary/aromatic N) is 1. The maximum Gasteiger partial charge on any atom is 0.321 e. The number of esters is 1. The van der Waals surface area contributed by atoms with Gasteiger partial charge in [-0.1, -0.05) is 25.0 Å². The average Bonchev–Trinajstić information content (AvgIpc) is 3.34. The van der Waals surface area contributed by atoms with Crippen molar-refractivity contribution in [3.05, 3.63) is 29.3 Å². The summed E-state index contributed by atoms with van der Waals surface area (Å²) in [6.07, 6.45) is 5.57. The molecule has 1 aromatic carbocycles. The molecule has 2 aromatic rings. The molecular formula is C21H27N3O4S. The SMILES string of the molecule is C[C@@H](OC(=O)CCCCc1nc2ccccc2s1)C(=O)NC(=O)NC1CCCC1. The first kappa shape index (κ1) is 21.2. The molecule has 0 spiro atoms. The monoisotopic (exact) mass is 417 g/mol. The third kappa shape index (κ3) is 6.52. The molecule has 1 aromatic heterocycles. The molecule has 8 heteroatoms. The third-order valence-electron chi connectivity index (χ3n) is 4.96. The van der Waals surface area contributed by atoms with Crippen molar-refractivity contribution in [2.75, 3.05) is 0 Å². The van der Waals surface area contributed by atoms with Crippen LogP contribution in [0.4, 0.5) is 4.79 Å². The number of para-hydroxylation sites is 1. The molecule has 0 bridgehead atoms. The standard InChI is InChI=1S/C21H27N3O4S/c1-14(20(26)24-21(27)22-15-8-2-3-9-15)28-19(25)13-7-6-12-18-23-16-10-4-5-11-17(16)29-18/h4-5,10-11,14-15H,2-3,6-9,12-13H2,1H3,(H2,22,24,26,27)/t14-/m1/s1. The molecule has 1 aliphatic rings. The summed E-state index contributed by atoms with van der Waals surface area (Å²) in [5.41, 5.74) is 1.00. The van der Waals surface area contributed by atoms with Crippen molar-refractivity contribution in [3.8, 4) is 0 Å². The molecule has 0 saturated heterocycles. The van der Waals surface area contributed by atoms with E-state index in [1.165, 1.54) is 11.6 Å². The Morgan fingerprint density at radius 1 is 1.21 bits per heavy atom. The van der Waals surface area contributed by atoms with Crippen LogP contribution < -0.4 is 10.6 Å². The molecule has 1 aliphatic carbocycles. The zero-order chi connectivity index (χ0) is 20.6. The quantitative estimate of drug-likeness (QED) is 0.504. The van der Waals surface area contributed by atoms with Gasteiger partial charge in [-0.15, -0.1) is 11.3 Å². The van der Waals surface area contributed by atoms with Crippen molar-refractivity contribution in [1.29, 1.82) is 0 Å². The fourth-order valence-electron chi connectivity index (χ4n) is 3.39. The van der Waals surface area contributed by atoms with Gasteiger partial charge in [0.05, 0.1) is 15.2 Å². The second-order valence-corrected chi connectivity index (χ2v) is 8.47. The summed E-state index contributed by atoms with van der Waals surface area (Å²) < 4.78 is 6.30. The predicted molar refractivity (Wildman–Crippen MR) is 112 cm³/mol. The third-order valence-corrected chi connectivity index (χ3v) is 6.06. The first-order valence-electron chi connectivity index (χ1n) is 10.2. The van der Waals surface area contributed by atoms with E-state index in [0.29, 0.717) is 6.42 Å². The summed E-state index contributed by atoms with van der Waals surface area (Å²) in [6.45, 7) is 1.47. The maximum atomic E-state index is 12.0. The number of thiazole rings is 1. The van der Waals surface area contributed by atoms with Crippen LogP contribution in [-0.4, -0.2) is 35.0 Å². The number of hydrogen-bond acceptors (Lipinski definition) is 6. The van der Waals surface area contributed by atoms with Gasteiger partial charge in [-0.05, 0) is 51.2 Å². The number of benzene rings is 1. The lowest BCUT2D eigenvalue weighted by atomic mass is 10.2. The highest BCUT2D eigenvalue weighted by molar-refractivity contribution is 7.18. The number of imide groups is 1. The lowest BCUT2D eigenvalue weighted by Crippen LogP contribution is -2.47. The Bertz CT molecular complexity index is 827. The molecule has 1 fully saturated rings. The second-order valence-electron chi connectivity index (χ2n) is 7.36. The number of unbranched alkanes of at least 4 members (excludes halogenated alkanes) is 1. The van der Waals surface area contributed by atoms with Gasteiger partial charge >= 0.3 is 12.0 Å². The first-order valence-corrected chi connectivity index (χ1v) is 11.0. The summed E-state index contributed by atoms with van der Waals surface area (Å²) in [4.78, 5) is 40.4. The molecule has 1 heterocycles. The van der Waals surface area contributed by atoms with Crippen LogP contribution in [0.3, 0.4) is 0 Å². The van der Waals surface area contributed by atoms with Crippen molar-refractivity contribution in [2.24, 2.45) is 0 Å². The fourth-order valence-corrected chi connectivity index (χ4v) is 4.40. The second kappa shape index (κ2) is 10.3. The Morgan fingerprint density at radius 2 is 1.97 bits per heavy atom. The van der Waals surface area contributed by atoms with Gasteiger partial charge in [0.15, 0.2) is 6.10 Å². The van der Waals surface area contributed by atoms with E-state index in [2.05, 4.69) is 15.6 Å². The zero-order valence-corrected chi connectivity index (χ0v) is 17.4. The van der Waals surface area contributed by atoms with Gasteiger partial charge in [-0.2, -0.15) is 0 Å². The normalized spacial score (nSPS) is 15.2. The highest BCUT2D eigenvalue weighted by atomic mass is 32.1. The summed E-state index contributed by atoms with van der Waals surface area (Å²) in [5, 5.41) is 6.07. The Balaban J connectivity index is 1.31. The van der Waals surface area contributed by atoms with Crippen molar-refractivity contribution in [1.82, 2.24) is 15.6 Å². The highest BCUT2D eigenvalue weighted by Gasteiger charge is 2.22. The topological polar surface area (TPSA) is 97.4 Å². The molecule has 156 valence electrons. The summed E-state index contributed by atoms with van der Waals surface area (Å²) in [5.74, 6) is -1.04. The van der Waals surface area contributed by atoms with Gasteiger partial charge in [0, 0.05) is 12.5 Å². The summed E-state index contributed by atoms with van der Waals surface area (Å²) >= 11 is 1.67. The molecule has 7 nitrogen and oxygen atoms in total. The van der Waals surface area contributed by atoms with Gasteiger partial charge in [-0.3, -0.25) is 14.9 Å². The highest BCUT2D eigenvalue weighted by Crippen LogP contribution is 2.23. The molecule has 3 amide bonds. The Kier molecular flexibility index (Phi) is 7.57. The molecule has 1 saturated carbocycles. The number of urea groups is 1. The predicted octanol–water partition coefficient (Wildman–Crippen LogP) is 3.71. The van der Waals surface area contributed by atoms with Crippen LogP contribution in [0.25, 0.3) is 10.2 Å². The van der Waals surface area contributed by atoms with Crippen molar-refractivity contribution < 1.29 is 19.1 Å². The van der Waals surface area contributed by atoms with Crippen LogP contribution in [0.2, 0.25) is 0 Å². The molecule has 1 atom stereocenters. The molecular weight excluding hydrogens is 390 g/mol. The van der Waals surface area contributed by atoms with E-state index in [4.69, 9.17) is 4.74 Å². The van der Waals surface area contributed by atoms with E-state index in [9.17, 15) is 14.4 Å². The van der Waals surface area contributed by atoms with E-state index in [1.54, 1.807) is 11.3 Å². The minimum atomic E-state index is -0.999. The number of amides is 3. The van der Waals surface area contributed by atoms with Crippen LogP contribution in [-0.2, 0) is 20.7 Å². The number of carbonyl (C=O) groups excluding carboxylic acids is 3. The van der Waals surface area contributed by atoms with Gasteiger partial charge in [0.1, 0.15) is 0 Å². The van der Waals surface area contributed by atoms with E-state index >= 15 is 0 Å². The number of aryl methyl sites for hydroxylation is 1. The number of aromatic nitrogens is 1. The van der Waals surface area contributed by atoms with Crippen molar-refractivity contribution in [3.63, 3.8) is 0 Å². The molecule has 29 heavy (non-hydrogen) atoms. The van der Waals surface area contributed by atoms with Crippen LogP contribution in [0.5, 0.6) is 0 Å². The largest absolute Gasteiger partial charge is 0.453 e. The Morgan fingerprint density at radius 3 is 2.72 bits per heavy atom. The van der Waals surface area contributed by atoms with E-state index in [1.807, 2.05) is 24.3 Å². The summed E-state index contributed by atoms with van der Waals surface area (Å²) in [6, 6.07) is 7.60. The summed E-state index contributed by atoms with van der Waals surface area (Å²) in [7, 11) is 0. The molecule has 2 N–H and O–H groups in total. The smallest absolute Gasteiger partial charge is 0.321 e. The van der Waals surface area contributed by atoms with Crippen molar-refractivity contribution in [2.45, 2.75) is 70.4 Å². The number of ether oxygens (including phenoxy) is 1. The molecule has 0 radical (unpaired) electrons. The van der Waals surface area contributed by atoms with Gasteiger partial charge in [0.2, 0.25) is 0 Å². The van der Waals surface area contributed by atoms with E-state index in [-0.39, 0.29) is 12.5 Å². The lowest BCUT2D eigenvalue weighted by molar-refractivity contribution is -0.154. The van der Waals surface area contributed by atoms with E-state index in [0.717, 1.165) is 49.0 Å². The Hall–Kier alpha value is -2.48. The maximum absolute atomic E-state index is 12.0. The number of fused-ring (bicyclic) bond motifs is 1. The first-order chi connectivity index (χ1) is 14.0. The molecule has 3 rings (SSSR count). The molecule has 0 unspecified atom stereocenters. The van der Waals surface area contributed by atoms with Gasteiger partial charge in [0.25, 0.3) is 5.91 Å². The van der Waals surface area contributed by atoms with Crippen molar-refractivity contribution >= 4 is 39.5 Å². The minimum absolute atomic E-state index is 0.121. The zero-order valence-electron chi connectivity index (χ0n) is 16.6. The lowest BCUT2D eigenvalue weighted by Gasteiger charge is -2.15. The van der Waals surface area contributed by atoms with E-state index < -0.39 is 24.0 Å². The van der Waals surface area contributed by atoms with Crippen LogP contribution in [0, 0.1) is 0 Å². The minimum Gasteiger partial charge on any atom is -0.453 e. The average molecular weight is 418 g/mol.